The Morgan fingerprint density at radius 2 is 1.81 bits per heavy atom. The fourth-order valence-corrected chi connectivity index (χ4v) is 3.05. The van der Waals surface area contributed by atoms with Crippen LogP contribution in [0, 0.1) is 5.95 Å². The molecule has 0 spiro atoms. The van der Waals surface area contributed by atoms with E-state index in [4.69, 9.17) is 0 Å². The molecule has 1 aliphatic heterocycles. The normalized spacial score (nSPS) is 15.4. The van der Waals surface area contributed by atoms with Gasteiger partial charge in [0.25, 0.3) is 5.56 Å². The van der Waals surface area contributed by atoms with Crippen molar-refractivity contribution in [2.24, 2.45) is 7.05 Å². The van der Waals surface area contributed by atoms with Crippen LogP contribution in [-0.2, 0) is 13.6 Å². The quantitative estimate of drug-likeness (QED) is 0.535. The zero-order valence-electron chi connectivity index (χ0n) is 14.8. The maximum Gasteiger partial charge on any atom is 0.347 e. The van der Waals surface area contributed by atoms with Crippen LogP contribution < -0.4 is 16.1 Å². The number of rotatable bonds is 6. The second kappa shape index (κ2) is 8.22. The number of aromatic nitrogens is 4. The van der Waals surface area contributed by atoms with E-state index in [1.165, 1.54) is 24.0 Å². The molecule has 0 unspecified atom stereocenters. The zero-order chi connectivity index (χ0) is 18.5. The molecule has 0 aliphatic carbocycles. The largest absolute Gasteiger partial charge is 0.354 e. The summed E-state index contributed by atoms with van der Waals surface area (Å²) in [6, 6.07) is 4.86. The van der Waals surface area contributed by atoms with Crippen LogP contribution >= 0.6 is 0 Å². The zero-order valence-corrected chi connectivity index (χ0v) is 14.8. The number of hydrogen-bond acceptors (Lipinski definition) is 6. The van der Waals surface area contributed by atoms with Gasteiger partial charge in [-0.15, -0.1) is 0 Å². The molecule has 3 rings (SSSR count). The standard InChI is InChI=1S/C17H23FN6O2/c1-21-16(25)13-19-24(17(21)26)8-3-2-7-22-9-11-23(12-10-22)15-6-4-5-14(18)20-15/h4-6,13H,2-3,7-12H2,1H3. The van der Waals surface area contributed by atoms with Crippen molar-refractivity contribution in [3.05, 3.63) is 51.2 Å². The van der Waals surface area contributed by atoms with Crippen LogP contribution in [0.15, 0.2) is 34.0 Å². The van der Waals surface area contributed by atoms with Gasteiger partial charge in [0.15, 0.2) is 0 Å². The topological polar surface area (TPSA) is 76.3 Å². The lowest BCUT2D eigenvalue weighted by atomic mass is 10.2. The minimum Gasteiger partial charge on any atom is -0.354 e. The first-order valence-corrected chi connectivity index (χ1v) is 8.77. The Morgan fingerprint density at radius 1 is 1.08 bits per heavy atom. The van der Waals surface area contributed by atoms with Crippen molar-refractivity contribution in [3.63, 3.8) is 0 Å². The lowest BCUT2D eigenvalue weighted by Gasteiger charge is -2.35. The van der Waals surface area contributed by atoms with Crippen LogP contribution in [0.25, 0.3) is 0 Å². The highest BCUT2D eigenvalue weighted by Gasteiger charge is 2.17. The molecule has 26 heavy (non-hydrogen) atoms. The van der Waals surface area contributed by atoms with E-state index in [-0.39, 0.29) is 5.69 Å². The van der Waals surface area contributed by atoms with Gasteiger partial charge in [-0.2, -0.15) is 9.49 Å². The Morgan fingerprint density at radius 3 is 2.54 bits per heavy atom. The fraction of sp³-hybridized carbons (Fsp3) is 0.529. The summed E-state index contributed by atoms with van der Waals surface area (Å²) in [6.45, 7) is 4.87. The van der Waals surface area contributed by atoms with Crippen molar-refractivity contribution in [2.75, 3.05) is 37.6 Å². The Labute approximate surface area is 150 Å². The molecule has 0 atom stereocenters. The summed E-state index contributed by atoms with van der Waals surface area (Å²) in [5, 5.41) is 3.89. The van der Waals surface area contributed by atoms with Gasteiger partial charge in [0.2, 0.25) is 5.95 Å². The van der Waals surface area contributed by atoms with Crippen molar-refractivity contribution >= 4 is 5.82 Å². The number of halogens is 1. The smallest absolute Gasteiger partial charge is 0.347 e. The molecule has 1 fully saturated rings. The lowest BCUT2D eigenvalue weighted by Crippen LogP contribution is -2.47. The van der Waals surface area contributed by atoms with Crippen molar-refractivity contribution in [1.29, 1.82) is 0 Å². The predicted octanol–water partition coefficient (Wildman–Crippen LogP) is 0.0785. The molecule has 0 saturated carbocycles. The van der Waals surface area contributed by atoms with E-state index in [1.807, 2.05) is 6.07 Å². The highest BCUT2D eigenvalue weighted by Crippen LogP contribution is 2.14. The Hall–Kier alpha value is -2.55. The van der Waals surface area contributed by atoms with Gasteiger partial charge in [-0.25, -0.2) is 14.5 Å². The summed E-state index contributed by atoms with van der Waals surface area (Å²) in [6.07, 6.45) is 2.92. The van der Waals surface area contributed by atoms with Crippen molar-refractivity contribution in [2.45, 2.75) is 19.4 Å². The van der Waals surface area contributed by atoms with Crippen molar-refractivity contribution in [3.8, 4) is 0 Å². The summed E-state index contributed by atoms with van der Waals surface area (Å²) < 4.78 is 15.6. The molecule has 1 saturated heterocycles. The molecule has 140 valence electrons. The summed E-state index contributed by atoms with van der Waals surface area (Å²) in [5.74, 6) is 0.233. The molecular weight excluding hydrogens is 339 g/mol. The number of nitrogens with zero attached hydrogens (tertiary/aromatic N) is 6. The van der Waals surface area contributed by atoms with Crippen LogP contribution in [0.5, 0.6) is 0 Å². The molecule has 0 radical (unpaired) electrons. The monoisotopic (exact) mass is 362 g/mol. The fourth-order valence-electron chi connectivity index (χ4n) is 3.05. The van der Waals surface area contributed by atoms with Gasteiger partial charge in [-0.3, -0.25) is 14.3 Å². The second-order valence-electron chi connectivity index (χ2n) is 6.40. The SMILES string of the molecule is Cn1c(=O)cnn(CCCCN2CCN(c3cccc(F)n3)CC2)c1=O. The van der Waals surface area contributed by atoms with E-state index < -0.39 is 11.5 Å². The summed E-state index contributed by atoms with van der Waals surface area (Å²) in [4.78, 5) is 31.6. The first kappa shape index (κ1) is 18.2. The van der Waals surface area contributed by atoms with Gasteiger partial charge >= 0.3 is 5.69 Å². The van der Waals surface area contributed by atoms with Gasteiger partial charge in [0.1, 0.15) is 12.0 Å². The maximum absolute atomic E-state index is 13.2. The number of aryl methyl sites for hydroxylation is 1. The van der Waals surface area contributed by atoms with Gasteiger partial charge in [-0.1, -0.05) is 6.07 Å². The van der Waals surface area contributed by atoms with Gasteiger partial charge in [0.05, 0.1) is 0 Å². The van der Waals surface area contributed by atoms with Crippen molar-refractivity contribution in [1.82, 2.24) is 24.2 Å². The molecule has 8 nitrogen and oxygen atoms in total. The van der Waals surface area contributed by atoms with Crippen LogP contribution in [0.3, 0.4) is 0 Å². The maximum atomic E-state index is 13.2. The number of unbranched alkanes of at least 4 members (excludes halogenated alkanes) is 1. The first-order valence-electron chi connectivity index (χ1n) is 8.77. The number of anilines is 1. The van der Waals surface area contributed by atoms with E-state index in [2.05, 4.69) is 19.9 Å². The summed E-state index contributed by atoms with van der Waals surface area (Å²) >= 11 is 0. The molecule has 1 aliphatic rings. The van der Waals surface area contributed by atoms with Crippen molar-refractivity contribution < 1.29 is 4.39 Å². The molecule has 2 aromatic rings. The average Bonchev–Trinajstić information content (AvgIpc) is 2.65. The third-order valence-electron chi connectivity index (χ3n) is 4.64. The third kappa shape index (κ3) is 4.34. The van der Waals surface area contributed by atoms with E-state index >= 15 is 0 Å². The molecule has 3 heterocycles. The average molecular weight is 362 g/mol. The third-order valence-corrected chi connectivity index (χ3v) is 4.64. The highest BCUT2D eigenvalue weighted by molar-refractivity contribution is 5.38. The number of piperazine rings is 1. The van der Waals surface area contributed by atoms with Gasteiger partial charge in [-0.05, 0) is 31.5 Å². The minimum absolute atomic E-state index is 0.381. The number of hydrogen-bond donors (Lipinski definition) is 0. The summed E-state index contributed by atoms with van der Waals surface area (Å²) in [7, 11) is 1.45. The van der Waals surface area contributed by atoms with Gasteiger partial charge in [0, 0.05) is 39.8 Å². The molecular formula is C17H23FN6O2. The molecule has 2 aromatic heterocycles. The van der Waals surface area contributed by atoms with Gasteiger partial charge < -0.3 is 4.90 Å². The molecule has 0 amide bonds. The first-order chi connectivity index (χ1) is 12.5. The van der Waals surface area contributed by atoms with Crippen LogP contribution in [0.1, 0.15) is 12.8 Å². The molecule has 0 aromatic carbocycles. The van der Waals surface area contributed by atoms with Crippen LogP contribution in [-0.4, -0.2) is 57.0 Å². The molecule has 0 bridgehead atoms. The Kier molecular flexibility index (Phi) is 5.77. The number of pyridine rings is 1. The van der Waals surface area contributed by atoms with Crippen LogP contribution in [0.2, 0.25) is 0 Å². The molecule has 9 heteroatoms. The Bertz CT molecular complexity index is 857. The van der Waals surface area contributed by atoms with E-state index in [9.17, 15) is 14.0 Å². The van der Waals surface area contributed by atoms with E-state index in [0.29, 0.717) is 12.4 Å². The minimum atomic E-state index is -0.452. The van der Waals surface area contributed by atoms with E-state index in [1.54, 1.807) is 6.07 Å². The summed E-state index contributed by atoms with van der Waals surface area (Å²) in [5.41, 5.74) is -0.773. The van der Waals surface area contributed by atoms with Crippen LogP contribution in [0.4, 0.5) is 10.2 Å². The predicted molar refractivity (Wildman–Crippen MR) is 95.8 cm³/mol. The lowest BCUT2D eigenvalue weighted by molar-refractivity contribution is 0.249. The van der Waals surface area contributed by atoms with E-state index in [0.717, 1.165) is 50.1 Å². The Balaban J connectivity index is 1.41. The second-order valence-corrected chi connectivity index (χ2v) is 6.40. The highest BCUT2D eigenvalue weighted by atomic mass is 19.1. The molecule has 0 N–H and O–H groups in total.